The van der Waals surface area contributed by atoms with Crippen LogP contribution >= 0.6 is 15.9 Å². The summed E-state index contributed by atoms with van der Waals surface area (Å²) in [6.45, 7) is 1.15. The van der Waals surface area contributed by atoms with Crippen molar-refractivity contribution in [3.8, 4) is 0 Å². The van der Waals surface area contributed by atoms with Crippen molar-refractivity contribution < 1.29 is 9.53 Å². The number of nitrogens with zero attached hydrogens (tertiary/aromatic N) is 1. The number of hydrogen-bond acceptors (Lipinski definition) is 3. The Kier molecular flexibility index (Phi) is 4.99. The van der Waals surface area contributed by atoms with Crippen LogP contribution in [0.4, 0.5) is 0 Å². The zero-order chi connectivity index (χ0) is 13.8. The number of rotatable bonds is 3. The predicted molar refractivity (Wildman–Crippen MR) is 79.6 cm³/mol. The Bertz CT molecular complexity index is 461. The Labute approximate surface area is 123 Å². The first-order valence-corrected chi connectivity index (χ1v) is 7.77. The minimum Gasteiger partial charge on any atom is -0.465 e. The highest BCUT2D eigenvalue weighted by Gasteiger charge is 2.22. The highest BCUT2D eigenvalue weighted by atomic mass is 79.9. The molecule has 0 N–H and O–H groups in total. The second kappa shape index (κ2) is 6.53. The molecule has 1 aromatic rings. The summed E-state index contributed by atoms with van der Waals surface area (Å²) < 4.78 is 4.82. The molecule has 3 nitrogen and oxygen atoms in total. The Morgan fingerprint density at radius 2 is 2.26 bits per heavy atom. The standard InChI is InChI=1S/C15H20BrNO2/c1-17-8-4-3-5-14(17)11-6-7-13(15(18)19-2)12(9-11)10-16/h6-7,9,14H,3-5,8,10H2,1-2H3/t14-/m0/s1. The number of ether oxygens (including phenoxy) is 1. The molecule has 104 valence electrons. The predicted octanol–water partition coefficient (Wildman–Crippen LogP) is 3.52. The summed E-state index contributed by atoms with van der Waals surface area (Å²) in [7, 11) is 3.59. The van der Waals surface area contributed by atoms with Gasteiger partial charge in [-0.1, -0.05) is 34.5 Å². The van der Waals surface area contributed by atoms with Gasteiger partial charge in [-0.3, -0.25) is 4.90 Å². The molecule has 1 fully saturated rings. The minimum atomic E-state index is -0.266. The first-order valence-electron chi connectivity index (χ1n) is 6.64. The summed E-state index contributed by atoms with van der Waals surface area (Å²) in [5.74, 6) is -0.266. The fourth-order valence-corrected chi connectivity index (χ4v) is 3.20. The molecule has 0 aliphatic carbocycles. The number of carbonyl (C=O) groups excluding carboxylic acids is 1. The Morgan fingerprint density at radius 3 is 2.89 bits per heavy atom. The van der Waals surface area contributed by atoms with Crippen LogP contribution in [0, 0.1) is 0 Å². The lowest BCUT2D eigenvalue weighted by molar-refractivity contribution is 0.0599. The Morgan fingerprint density at radius 1 is 1.47 bits per heavy atom. The maximum Gasteiger partial charge on any atom is 0.338 e. The maximum atomic E-state index is 11.7. The monoisotopic (exact) mass is 325 g/mol. The number of carbonyl (C=O) groups is 1. The summed E-state index contributed by atoms with van der Waals surface area (Å²) in [5, 5.41) is 0.668. The molecular formula is C15H20BrNO2. The summed E-state index contributed by atoms with van der Waals surface area (Å²) in [4.78, 5) is 14.1. The van der Waals surface area contributed by atoms with E-state index in [1.54, 1.807) is 0 Å². The number of piperidine rings is 1. The van der Waals surface area contributed by atoms with Crippen molar-refractivity contribution in [2.24, 2.45) is 0 Å². The van der Waals surface area contributed by atoms with Gasteiger partial charge in [0.05, 0.1) is 12.7 Å². The SMILES string of the molecule is COC(=O)c1ccc([C@@H]2CCCCN2C)cc1CBr. The van der Waals surface area contributed by atoms with E-state index in [0.717, 1.165) is 12.1 Å². The highest BCUT2D eigenvalue weighted by Crippen LogP contribution is 2.31. The van der Waals surface area contributed by atoms with Crippen LogP contribution in [0.3, 0.4) is 0 Å². The topological polar surface area (TPSA) is 29.5 Å². The van der Waals surface area contributed by atoms with E-state index in [4.69, 9.17) is 4.74 Å². The number of hydrogen-bond donors (Lipinski definition) is 0. The minimum absolute atomic E-state index is 0.266. The molecule has 1 atom stereocenters. The van der Waals surface area contributed by atoms with E-state index in [-0.39, 0.29) is 5.97 Å². The third-order valence-electron chi connectivity index (χ3n) is 3.83. The van der Waals surface area contributed by atoms with Gasteiger partial charge in [0, 0.05) is 11.4 Å². The number of methoxy groups -OCH3 is 1. The lowest BCUT2D eigenvalue weighted by atomic mass is 9.93. The quantitative estimate of drug-likeness (QED) is 0.629. The number of likely N-dealkylation sites (tertiary alicyclic amines) is 1. The Balaban J connectivity index is 2.30. The van der Waals surface area contributed by atoms with Crippen LogP contribution in [0.5, 0.6) is 0 Å². The van der Waals surface area contributed by atoms with Crippen LogP contribution < -0.4 is 0 Å². The van der Waals surface area contributed by atoms with E-state index in [9.17, 15) is 4.79 Å². The van der Waals surface area contributed by atoms with Gasteiger partial charge in [0.25, 0.3) is 0 Å². The summed E-state index contributed by atoms with van der Waals surface area (Å²) >= 11 is 3.46. The number of esters is 1. The van der Waals surface area contributed by atoms with Crippen LogP contribution in [-0.2, 0) is 10.1 Å². The highest BCUT2D eigenvalue weighted by molar-refractivity contribution is 9.08. The van der Waals surface area contributed by atoms with Crippen molar-refractivity contribution in [1.82, 2.24) is 4.90 Å². The van der Waals surface area contributed by atoms with E-state index in [0.29, 0.717) is 16.9 Å². The third kappa shape index (κ3) is 3.18. The first kappa shape index (κ1) is 14.5. The van der Waals surface area contributed by atoms with E-state index in [1.165, 1.54) is 31.9 Å². The molecule has 1 aliphatic rings. The van der Waals surface area contributed by atoms with Gasteiger partial charge in [0.15, 0.2) is 0 Å². The molecule has 0 bridgehead atoms. The third-order valence-corrected chi connectivity index (χ3v) is 4.44. The average molecular weight is 326 g/mol. The van der Waals surface area contributed by atoms with Crippen LogP contribution in [0.15, 0.2) is 18.2 Å². The van der Waals surface area contributed by atoms with Gasteiger partial charge in [0.1, 0.15) is 0 Å². The average Bonchev–Trinajstić information content (AvgIpc) is 2.46. The van der Waals surface area contributed by atoms with Crippen molar-refractivity contribution >= 4 is 21.9 Å². The van der Waals surface area contributed by atoms with Crippen molar-refractivity contribution in [2.45, 2.75) is 30.6 Å². The zero-order valence-corrected chi connectivity index (χ0v) is 13.1. The van der Waals surface area contributed by atoms with Crippen molar-refractivity contribution in [2.75, 3.05) is 20.7 Å². The molecule has 19 heavy (non-hydrogen) atoms. The molecule has 2 rings (SSSR count). The number of benzene rings is 1. The molecule has 0 unspecified atom stereocenters. The van der Waals surface area contributed by atoms with Crippen LogP contribution in [0.1, 0.15) is 46.8 Å². The Hall–Kier alpha value is -0.870. The molecule has 0 spiro atoms. The smallest absolute Gasteiger partial charge is 0.338 e. The summed E-state index contributed by atoms with van der Waals surface area (Å²) in [6, 6.07) is 6.55. The van der Waals surface area contributed by atoms with Gasteiger partial charge in [-0.25, -0.2) is 4.79 Å². The van der Waals surface area contributed by atoms with Gasteiger partial charge in [-0.2, -0.15) is 0 Å². The molecule has 0 aromatic heterocycles. The second-order valence-electron chi connectivity index (χ2n) is 5.03. The molecule has 4 heteroatoms. The lowest BCUT2D eigenvalue weighted by Gasteiger charge is -2.33. The number of halogens is 1. The van der Waals surface area contributed by atoms with Crippen LogP contribution in [0.25, 0.3) is 0 Å². The number of alkyl halides is 1. The first-order chi connectivity index (χ1) is 9.17. The normalized spacial score (nSPS) is 20.3. The molecule has 1 aliphatic heterocycles. The fourth-order valence-electron chi connectivity index (χ4n) is 2.74. The van der Waals surface area contributed by atoms with E-state index in [1.807, 2.05) is 6.07 Å². The fraction of sp³-hybridized carbons (Fsp3) is 0.533. The molecule has 0 saturated carbocycles. The van der Waals surface area contributed by atoms with Gasteiger partial charge >= 0.3 is 5.97 Å². The van der Waals surface area contributed by atoms with Gasteiger partial charge < -0.3 is 4.74 Å². The lowest BCUT2D eigenvalue weighted by Crippen LogP contribution is -2.29. The van der Waals surface area contributed by atoms with Crippen molar-refractivity contribution in [3.05, 3.63) is 34.9 Å². The molecule has 0 radical (unpaired) electrons. The summed E-state index contributed by atoms with van der Waals surface area (Å²) in [6.07, 6.45) is 3.74. The van der Waals surface area contributed by atoms with Crippen molar-refractivity contribution in [3.63, 3.8) is 0 Å². The molecule has 1 heterocycles. The van der Waals surface area contributed by atoms with Crippen LogP contribution in [-0.4, -0.2) is 31.6 Å². The molecule has 0 amide bonds. The van der Waals surface area contributed by atoms with Gasteiger partial charge in [-0.05, 0) is 43.6 Å². The second-order valence-corrected chi connectivity index (χ2v) is 5.59. The van der Waals surface area contributed by atoms with Crippen LogP contribution in [0.2, 0.25) is 0 Å². The zero-order valence-electron chi connectivity index (χ0n) is 11.5. The maximum absolute atomic E-state index is 11.7. The molecule has 1 saturated heterocycles. The van der Waals surface area contributed by atoms with Gasteiger partial charge in [-0.15, -0.1) is 0 Å². The molecular weight excluding hydrogens is 306 g/mol. The van der Waals surface area contributed by atoms with E-state index in [2.05, 4.69) is 40.0 Å². The van der Waals surface area contributed by atoms with Crippen molar-refractivity contribution in [1.29, 1.82) is 0 Å². The van der Waals surface area contributed by atoms with Gasteiger partial charge in [0.2, 0.25) is 0 Å². The largest absolute Gasteiger partial charge is 0.465 e. The molecule has 1 aromatic carbocycles. The van der Waals surface area contributed by atoms with E-state index < -0.39 is 0 Å². The van der Waals surface area contributed by atoms with E-state index >= 15 is 0 Å². The summed E-state index contributed by atoms with van der Waals surface area (Å²) in [5.41, 5.74) is 2.95.